The lowest BCUT2D eigenvalue weighted by atomic mass is 10.2. The minimum absolute atomic E-state index is 0.0271. The van der Waals surface area contributed by atoms with Gasteiger partial charge in [-0.25, -0.2) is 4.39 Å². The summed E-state index contributed by atoms with van der Waals surface area (Å²) < 4.78 is 13.3. The van der Waals surface area contributed by atoms with Crippen LogP contribution in [0.25, 0.3) is 0 Å². The largest absolute Gasteiger partial charge is 0.299 e. The molecule has 88 valence electrons. The molecule has 2 rings (SSSR count). The van der Waals surface area contributed by atoms with Gasteiger partial charge in [0.05, 0.1) is 11.3 Å². The van der Waals surface area contributed by atoms with Crippen LogP contribution in [-0.2, 0) is 0 Å². The lowest BCUT2D eigenvalue weighted by molar-refractivity contribution is 0.0935. The van der Waals surface area contributed by atoms with Gasteiger partial charge in [0, 0.05) is 0 Å². The monoisotopic (exact) mass is 232 g/mol. The van der Waals surface area contributed by atoms with E-state index in [1.807, 2.05) is 19.1 Å². The van der Waals surface area contributed by atoms with E-state index >= 15 is 0 Å². The number of benzene rings is 1. The summed E-state index contributed by atoms with van der Waals surface area (Å²) in [6.07, 6.45) is 4.76. The number of amides is 1. The van der Waals surface area contributed by atoms with Gasteiger partial charge < -0.3 is 0 Å². The number of carbonyl (C=O) groups excluding carboxylic acids is 1. The lowest BCUT2D eigenvalue weighted by Gasteiger charge is -2.08. The number of nitrogens with one attached hydrogen (secondary N) is 2. The molecule has 0 bridgehead atoms. The number of halogens is 1. The molecule has 17 heavy (non-hydrogen) atoms. The van der Waals surface area contributed by atoms with Gasteiger partial charge in [0.1, 0.15) is 5.82 Å². The van der Waals surface area contributed by atoms with Crippen LogP contribution in [0.3, 0.4) is 0 Å². The van der Waals surface area contributed by atoms with E-state index in [4.69, 9.17) is 0 Å². The Morgan fingerprint density at radius 1 is 1.35 bits per heavy atom. The molecule has 0 aliphatic heterocycles. The lowest BCUT2D eigenvalue weighted by Crippen LogP contribution is -2.36. The maximum atomic E-state index is 13.3. The number of allylic oxidation sites excluding steroid dienone is 3. The first kappa shape index (κ1) is 11.4. The third kappa shape index (κ3) is 2.72. The van der Waals surface area contributed by atoms with Gasteiger partial charge in [0.2, 0.25) is 0 Å². The van der Waals surface area contributed by atoms with Crippen molar-refractivity contribution in [1.29, 1.82) is 0 Å². The fourth-order valence-electron chi connectivity index (χ4n) is 1.58. The van der Waals surface area contributed by atoms with Crippen LogP contribution in [0.1, 0.15) is 23.7 Å². The molecule has 3 nitrogen and oxygen atoms in total. The zero-order valence-electron chi connectivity index (χ0n) is 9.46. The third-order valence-corrected chi connectivity index (χ3v) is 2.48. The number of carbonyl (C=O) groups is 1. The Morgan fingerprint density at radius 2 is 2.12 bits per heavy atom. The van der Waals surface area contributed by atoms with Gasteiger partial charge in [0.25, 0.3) is 5.91 Å². The van der Waals surface area contributed by atoms with Crippen LogP contribution in [0, 0.1) is 5.82 Å². The topological polar surface area (TPSA) is 41.1 Å². The van der Waals surface area contributed by atoms with Crippen LogP contribution in [0.2, 0.25) is 0 Å². The Morgan fingerprint density at radius 3 is 2.76 bits per heavy atom. The Balaban J connectivity index is 1.97. The average molecular weight is 232 g/mol. The van der Waals surface area contributed by atoms with Gasteiger partial charge in [0.15, 0.2) is 0 Å². The van der Waals surface area contributed by atoms with Crippen molar-refractivity contribution in [2.24, 2.45) is 0 Å². The maximum absolute atomic E-state index is 13.3. The molecule has 0 spiro atoms. The average Bonchev–Trinajstić information content (AvgIpc) is 2.73. The van der Waals surface area contributed by atoms with Crippen molar-refractivity contribution in [1.82, 2.24) is 10.9 Å². The van der Waals surface area contributed by atoms with Gasteiger partial charge in [-0.15, -0.1) is 0 Å². The second kappa shape index (κ2) is 4.82. The molecular formula is C13H13FN2O. The van der Waals surface area contributed by atoms with E-state index < -0.39 is 11.7 Å². The minimum atomic E-state index is -0.529. The molecule has 0 atom stereocenters. The van der Waals surface area contributed by atoms with Crippen molar-refractivity contribution >= 4 is 5.91 Å². The first-order valence-corrected chi connectivity index (χ1v) is 5.35. The molecule has 0 aromatic heterocycles. The molecule has 2 N–H and O–H groups in total. The van der Waals surface area contributed by atoms with Crippen molar-refractivity contribution in [3.05, 3.63) is 59.1 Å². The summed E-state index contributed by atoms with van der Waals surface area (Å²) in [6.45, 7) is 2.00. The van der Waals surface area contributed by atoms with Crippen molar-refractivity contribution in [3.8, 4) is 0 Å². The van der Waals surface area contributed by atoms with E-state index in [9.17, 15) is 9.18 Å². The van der Waals surface area contributed by atoms with Crippen LogP contribution < -0.4 is 10.9 Å². The predicted molar refractivity (Wildman–Crippen MR) is 63.5 cm³/mol. The SMILES string of the molecule is CC1=CC(NNC(=O)c2ccccc2F)=CC1. The minimum Gasteiger partial charge on any atom is -0.299 e. The molecule has 0 heterocycles. The van der Waals surface area contributed by atoms with Gasteiger partial charge in [-0.1, -0.05) is 23.8 Å². The molecule has 1 amide bonds. The van der Waals surface area contributed by atoms with E-state index in [-0.39, 0.29) is 5.56 Å². The van der Waals surface area contributed by atoms with Crippen molar-refractivity contribution in [2.45, 2.75) is 13.3 Å². The molecule has 0 saturated carbocycles. The zero-order chi connectivity index (χ0) is 12.3. The van der Waals surface area contributed by atoms with Crippen molar-refractivity contribution in [3.63, 3.8) is 0 Å². The summed E-state index contributed by atoms with van der Waals surface area (Å²) in [7, 11) is 0. The van der Waals surface area contributed by atoms with Crippen LogP contribution in [0.4, 0.5) is 4.39 Å². The van der Waals surface area contributed by atoms with Crippen LogP contribution >= 0.6 is 0 Å². The highest BCUT2D eigenvalue weighted by atomic mass is 19.1. The smallest absolute Gasteiger partial charge is 0.272 e. The first-order valence-electron chi connectivity index (χ1n) is 5.35. The molecule has 1 aliphatic rings. The number of hydrogen-bond acceptors (Lipinski definition) is 2. The molecular weight excluding hydrogens is 219 g/mol. The molecule has 1 aliphatic carbocycles. The van der Waals surface area contributed by atoms with Crippen LogP contribution in [0.15, 0.2) is 47.7 Å². The fourth-order valence-corrected chi connectivity index (χ4v) is 1.58. The van der Waals surface area contributed by atoms with Crippen LogP contribution in [-0.4, -0.2) is 5.91 Å². The fraction of sp³-hybridized carbons (Fsp3) is 0.154. The highest BCUT2D eigenvalue weighted by Crippen LogP contribution is 2.13. The summed E-state index contributed by atoms with van der Waals surface area (Å²) in [5.74, 6) is -1.01. The standard InChI is InChI=1S/C13H13FN2O/c1-9-6-7-10(8-9)15-16-13(17)11-4-2-3-5-12(11)14/h2-5,7-8,15H,6H2,1H3,(H,16,17). The summed E-state index contributed by atoms with van der Waals surface area (Å²) in [5, 5.41) is 0. The van der Waals surface area contributed by atoms with Gasteiger partial charge in [-0.2, -0.15) is 0 Å². The summed E-state index contributed by atoms with van der Waals surface area (Å²) in [4.78, 5) is 11.6. The first-order chi connectivity index (χ1) is 8.16. The Bertz CT molecular complexity index is 506. The second-order valence-electron chi connectivity index (χ2n) is 3.91. The summed E-state index contributed by atoms with van der Waals surface area (Å²) in [5.41, 5.74) is 7.29. The van der Waals surface area contributed by atoms with E-state index in [1.54, 1.807) is 12.1 Å². The summed E-state index contributed by atoms with van der Waals surface area (Å²) in [6, 6.07) is 5.87. The van der Waals surface area contributed by atoms with Crippen molar-refractivity contribution < 1.29 is 9.18 Å². The number of hydrogen-bond donors (Lipinski definition) is 2. The van der Waals surface area contributed by atoms with Gasteiger partial charge in [-0.05, 0) is 31.6 Å². The van der Waals surface area contributed by atoms with E-state index in [2.05, 4.69) is 10.9 Å². The van der Waals surface area contributed by atoms with Gasteiger partial charge in [-0.3, -0.25) is 15.6 Å². The van der Waals surface area contributed by atoms with Gasteiger partial charge >= 0.3 is 0 Å². The van der Waals surface area contributed by atoms with Crippen molar-refractivity contribution in [2.75, 3.05) is 0 Å². The van der Waals surface area contributed by atoms with E-state index in [0.29, 0.717) is 0 Å². The number of hydrazine groups is 1. The Labute approximate surface area is 99.0 Å². The molecule has 0 fully saturated rings. The molecule has 1 aromatic carbocycles. The zero-order valence-corrected chi connectivity index (χ0v) is 9.46. The molecule has 0 unspecified atom stereocenters. The van der Waals surface area contributed by atoms with E-state index in [0.717, 1.165) is 12.1 Å². The molecule has 1 aromatic rings. The number of rotatable bonds is 3. The Kier molecular flexibility index (Phi) is 3.23. The third-order valence-electron chi connectivity index (χ3n) is 2.48. The predicted octanol–water partition coefficient (Wildman–Crippen LogP) is 2.29. The Hall–Kier alpha value is -2.10. The molecule has 4 heteroatoms. The van der Waals surface area contributed by atoms with Crippen LogP contribution in [0.5, 0.6) is 0 Å². The second-order valence-corrected chi connectivity index (χ2v) is 3.91. The quantitative estimate of drug-likeness (QED) is 0.785. The highest BCUT2D eigenvalue weighted by Gasteiger charge is 2.10. The normalized spacial score (nSPS) is 14.0. The summed E-state index contributed by atoms with van der Waals surface area (Å²) >= 11 is 0. The maximum Gasteiger partial charge on any atom is 0.272 e. The van der Waals surface area contributed by atoms with E-state index in [1.165, 1.54) is 17.7 Å². The molecule has 0 saturated heterocycles. The highest BCUT2D eigenvalue weighted by molar-refractivity contribution is 5.94. The molecule has 0 radical (unpaired) electrons.